The van der Waals surface area contributed by atoms with Gasteiger partial charge in [-0.05, 0) is 23.4 Å². The molecule has 102 valence electrons. The molecule has 1 aromatic carbocycles. The number of benzene rings is 1. The number of rotatable bonds is 5. The third-order valence-electron chi connectivity index (χ3n) is 2.79. The van der Waals surface area contributed by atoms with E-state index in [1.807, 2.05) is 12.1 Å². The Hall–Kier alpha value is -2.20. The van der Waals surface area contributed by atoms with Crippen LogP contribution in [0.25, 0.3) is 12.7 Å². The molecular weight excluding hydrogens is 273 g/mol. The molecule has 0 aliphatic heterocycles. The summed E-state index contributed by atoms with van der Waals surface area (Å²) in [4.78, 5) is 12.1. The second-order valence-electron chi connectivity index (χ2n) is 4.17. The van der Waals surface area contributed by atoms with E-state index >= 15 is 0 Å². The van der Waals surface area contributed by atoms with Crippen LogP contribution in [0, 0.1) is 5.82 Å². The third kappa shape index (κ3) is 3.03. The summed E-state index contributed by atoms with van der Waals surface area (Å²) in [6, 6.07) is 7.54. The fourth-order valence-corrected chi connectivity index (χ4v) is 2.76. The van der Waals surface area contributed by atoms with Crippen LogP contribution >= 0.6 is 11.3 Å². The van der Waals surface area contributed by atoms with Crippen molar-refractivity contribution in [1.82, 2.24) is 0 Å². The molecule has 0 aliphatic carbocycles. The van der Waals surface area contributed by atoms with E-state index in [1.165, 1.54) is 17.4 Å². The number of hydrogen-bond acceptors (Lipinski definition) is 3. The summed E-state index contributed by atoms with van der Waals surface area (Å²) < 4.78 is 14.4. The SMILES string of the molecule is C=C/C=c1/cc(C(C=O)Nc2ccccc2F)sc1=C. The number of anilines is 1. The summed E-state index contributed by atoms with van der Waals surface area (Å²) in [7, 11) is 0. The van der Waals surface area contributed by atoms with E-state index in [0.29, 0.717) is 5.69 Å². The van der Waals surface area contributed by atoms with Gasteiger partial charge in [-0.25, -0.2) is 4.39 Å². The number of hydrogen-bond donors (Lipinski definition) is 1. The van der Waals surface area contributed by atoms with Gasteiger partial charge in [-0.15, -0.1) is 11.3 Å². The van der Waals surface area contributed by atoms with Crippen molar-refractivity contribution in [2.45, 2.75) is 6.04 Å². The van der Waals surface area contributed by atoms with Crippen LogP contribution in [0.15, 0.2) is 43.0 Å². The molecule has 1 N–H and O–H groups in total. The van der Waals surface area contributed by atoms with Crippen LogP contribution in [-0.4, -0.2) is 6.29 Å². The van der Waals surface area contributed by atoms with Crippen molar-refractivity contribution in [1.29, 1.82) is 0 Å². The summed E-state index contributed by atoms with van der Waals surface area (Å²) in [5, 5.41) is 3.81. The second-order valence-corrected chi connectivity index (χ2v) is 5.34. The topological polar surface area (TPSA) is 29.1 Å². The van der Waals surface area contributed by atoms with E-state index in [1.54, 1.807) is 24.3 Å². The van der Waals surface area contributed by atoms with Crippen LogP contribution in [0.3, 0.4) is 0 Å². The lowest BCUT2D eigenvalue weighted by Crippen LogP contribution is -2.14. The maximum absolute atomic E-state index is 13.6. The Morgan fingerprint density at radius 2 is 2.10 bits per heavy atom. The van der Waals surface area contributed by atoms with E-state index in [2.05, 4.69) is 18.5 Å². The Balaban J connectivity index is 2.34. The van der Waals surface area contributed by atoms with Crippen LogP contribution in [0.4, 0.5) is 10.1 Å². The maximum Gasteiger partial charge on any atom is 0.147 e. The standard InChI is InChI=1S/C16H14FNOS/c1-3-6-12-9-16(20-11(12)2)15(10-19)18-14-8-5-4-7-13(14)17/h3-10,15,18H,1-2H2/b12-6-. The molecule has 0 amide bonds. The first-order valence-corrected chi connectivity index (χ1v) is 6.85. The fourth-order valence-electron chi connectivity index (χ4n) is 1.80. The third-order valence-corrected chi connectivity index (χ3v) is 3.88. The average molecular weight is 287 g/mol. The van der Waals surface area contributed by atoms with Crippen molar-refractivity contribution >= 4 is 36.0 Å². The molecular formula is C16H14FNOS. The largest absolute Gasteiger partial charge is 0.369 e. The van der Waals surface area contributed by atoms with E-state index in [-0.39, 0.29) is 5.82 Å². The van der Waals surface area contributed by atoms with Crippen molar-refractivity contribution in [2.24, 2.45) is 0 Å². The van der Waals surface area contributed by atoms with E-state index in [4.69, 9.17) is 0 Å². The number of thiophene rings is 1. The lowest BCUT2D eigenvalue weighted by Gasteiger charge is -2.12. The predicted molar refractivity (Wildman–Crippen MR) is 82.6 cm³/mol. The van der Waals surface area contributed by atoms with Gasteiger partial charge < -0.3 is 10.1 Å². The lowest BCUT2D eigenvalue weighted by molar-refractivity contribution is -0.108. The van der Waals surface area contributed by atoms with Gasteiger partial charge in [-0.2, -0.15) is 0 Å². The number of carbonyl (C=O) groups excluding carboxylic acids is 1. The molecule has 1 unspecified atom stereocenters. The molecule has 0 saturated heterocycles. The highest BCUT2D eigenvalue weighted by Crippen LogP contribution is 2.21. The fraction of sp³-hybridized carbons (Fsp3) is 0.0625. The Kier molecular flexibility index (Phi) is 4.48. The molecule has 1 atom stereocenters. The van der Waals surface area contributed by atoms with Gasteiger partial charge in [-0.3, -0.25) is 0 Å². The smallest absolute Gasteiger partial charge is 0.147 e. The summed E-state index contributed by atoms with van der Waals surface area (Å²) >= 11 is 1.41. The molecule has 1 aromatic heterocycles. The molecule has 2 rings (SSSR count). The number of allylic oxidation sites excluding steroid dienone is 1. The first kappa shape index (κ1) is 14.2. The summed E-state index contributed by atoms with van der Waals surface area (Å²) in [6.45, 7) is 7.56. The van der Waals surface area contributed by atoms with Gasteiger partial charge in [0.05, 0.1) is 5.69 Å². The summed E-state index contributed by atoms with van der Waals surface area (Å²) in [5.74, 6) is -0.386. The molecule has 2 aromatic rings. The van der Waals surface area contributed by atoms with E-state index in [9.17, 15) is 9.18 Å². The van der Waals surface area contributed by atoms with Gasteiger partial charge in [0.1, 0.15) is 18.1 Å². The Morgan fingerprint density at radius 1 is 1.35 bits per heavy atom. The minimum atomic E-state index is -0.593. The molecule has 0 saturated carbocycles. The highest BCUT2D eigenvalue weighted by atomic mass is 32.1. The van der Waals surface area contributed by atoms with Crippen LogP contribution in [-0.2, 0) is 4.79 Å². The van der Waals surface area contributed by atoms with Gasteiger partial charge >= 0.3 is 0 Å². The first-order valence-electron chi connectivity index (χ1n) is 6.03. The van der Waals surface area contributed by atoms with Crippen molar-refractivity contribution in [3.8, 4) is 0 Å². The number of halogens is 1. The Bertz CT molecular complexity index is 735. The molecule has 20 heavy (non-hydrogen) atoms. The van der Waals surface area contributed by atoms with Gasteiger partial charge in [0, 0.05) is 9.41 Å². The molecule has 1 heterocycles. The average Bonchev–Trinajstić information content (AvgIpc) is 2.80. The van der Waals surface area contributed by atoms with E-state index in [0.717, 1.165) is 20.9 Å². The first-order chi connectivity index (χ1) is 9.65. The normalized spacial score (nSPS) is 12.9. The van der Waals surface area contributed by atoms with Crippen LogP contribution < -0.4 is 15.1 Å². The second kappa shape index (κ2) is 6.30. The maximum atomic E-state index is 13.6. The summed E-state index contributed by atoms with van der Waals surface area (Å²) in [6.07, 6.45) is 4.25. The zero-order valence-corrected chi connectivity index (χ0v) is 11.6. The van der Waals surface area contributed by atoms with Crippen molar-refractivity contribution in [3.05, 3.63) is 63.4 Å². The van der Waals surface area contributed by atoms with Gasteiger partial charge in [-0.1, -0.05) is 37.4 Å². The van der Waals surface area contributed by atoms with Crippen molar-refractivity contribution < 1.29 is 9.18 Å². The minimum absolute atomic E-state index is 0.304. The summed E-state index contributed by atoms with van der Waals surface area (Å²) in [5.41, 5.74) is 0.304. The molecule has 4 heteroatoms. The number of aldehydes is 1. The molecule has 0 radical (unpaired) electrons. The molecule has 2 nitrogen and oxygen atoms in total. The van der Waals surface area contributed by atoms with Gasteiger partial charge in [0.2, 0.25) is 0 Å². The van der Waals surface area contributed by atoms with Crippen LogP contribution in [0.1, 0.15) is 10.9 Å². The number of carbonyl (C=O) groups is 1. The quantitative estimate of drug-likeness (QED) is 0.857. The number of para-hydroxylation sites is 1. The highest BCUT2D eigenvalue weighted by Gasteiger charge is 2.14. The molecule has 0 fully saturated rings. The predicted octanol–water partition coefficient (Wildman–Crippen LogP) is 2.62. The van der Waals surface area contributed by atoms with Gasteiger partial charge in [0.15, 0.2) is 0 Å². The minimum Gasteiger partial charge on any atom is -0.369 e. The van der Waals surface area contributed by atoms with Crippen molar-refractivity contribution in [3.63, 3.8) is 0 Å². The van der Waals surface area contributed by atoms with Crippen LogP contribution in [0.2, 0.25) is 0 Å². The lowest BCUT2D eigenvalue weighted by atomic mass is 10.2. The zero-order chi connectivity index (χ0) is 14.5. The molecule has 0 aliphatic rings. The number of nitrogens with one attached hydrogen (secondary N) is 1. The van der Waals surface area contributed by atoms with Gasteiger partial charge in [0.25, 0.3) is 0 Å². The Morgan fingerprint density at radius 3 is 2.75 bits per heavy atom. The monoisotopic (exact) mass is 287 g/mol. The van der Waals surface area contributed by atoms with Crippen LogP contribution in [0.5, 0.6) is 0 Å². The van der Waals surface area contributed by atoms with E-state index < -0.39 is 6.04 Å². The molecule has 0 spiro atoms. The molecule has 0 bridgehead atoms. The van der Waals surface area contributed by atoms with Crippen molar-refractivity contribution in [2.75, 3.05) is 5.32 Å². The Labute approximate surface area is 120 Å². The highest BCUT2D eigenvalue weighted by molar-refractivity contribution is 7.10. The zero-order valence-electron chi connectivity index (χ0n) is 10.8.